The molecule has 1 aromatic heterocycles. The number of aromatic nitrogens is 3. The van der Waals surface area contributed by atoms with E-state index < -0.39 is 47.7 Å². The summed E-state index contributed by atoms with van der Waals surface area (Å²) in [6, 6.07) is 15.5. The van der Waals surface area contributed by atoms with Crippen LogP contribution in [0.15, 0.2) is 71.5 Å². The highest BCUT2D eigenvalue weighted by molar-refractivity contribution is 6.30. The van der Waals surface area contributed by atoms with E-state index in [0.29, 0.717) is 16.1 Å². The van der Waals surface area contributed by atoms with Crippen LogP contribution in [0.5, 0.6) is 0 Å². The molecule has 4 N–H and O–H groups in total. The number of halogens is 3. The highest BCUT2D eigenvalue weighted by Gasteiger charge is 2.22. The number of hydrazine groups is 1. The Kier molecular flexibility index (Phi) is 7.96. The molecule has 0 bridgehead atoms. The number of aromatic amines is 1. The van der Waals surface area contributed by atoms with Crippen LogP contribution in [0.2, 0.25) is 5.02 Å². The molecular weight excluding hydrogens is 524 g/mol. The summed E-state index contributed by atoms with van der Waals surface area (Å²) < 4.78 is 28.3. The van der Waals surface area contributed by atoms with Crippen molar-refractivity contribution in [1.29, 1.82) is 0 Å². The Morgan fingerprint density at radius 2 is 1.76 bits per heavy atom. The van der Waals surface area contributed by atoms with Crippen LogP contribution in [-0.4, -0.2) is 54.5 Å². The fourth-order valence-electron chi connectivity index (χ4n) is 3.55. The zero-order chi connectivity index (χ0) is 27.4. The van der Waals surface area contributed by atoms with Crippen LogP contribution in [0.1, 0.15) is 16.2 Å². The van der Waals surface area contributed by atoms with E-state index in [2.05, 4.69) is 15.5 Å². The molecule has 0 spiro atoms. The summed E-state index contributed by atoms with van der Waals surface area (Å²) in [5, 5.41) is 24.4. The van der Waals surface area contributed by atoms with Gasteiger partial charge in [0.1, 0.15) is 11.6 Å². The van der Waals surface area contributed by atoms with Gasteiger partial charge in [-0.3, -0.25) is 15.2 Å². The highest BCUT2D eigenvalue weighted by Crippen LogP contribution is 2.26. The first-order valence-corrected chi connectivity index (χ1v) is 11.4. The number of carboxylic acids is 1. The van der Waals surface area contributed by atoms with Gasteiger partial charge in [0.2, 0.25) is 5.82 Å². The summed E-state index contributed by atoms with van der Waals surface area (Å²) in [5.74, 6) is -3.78. The fourth-order valence-corrected chi connectivity index (χ4v) is 3.72. The first-order chi connectivity index (χ1) is 18.1. The molecule has 0 aliphatic heterocycles. The molecule has 13 heteroatoms. The maximum Gasteiger partial charge on any atom is 0.348 e. The zero-order valence-electron chi connectivity index (χ0n) is 19.4. The molecule has 0 aliphatic carbocycles. The first kappa shape index (κ1) is 26.7. The summed E-state index contributed by atoms with van der Waals surface area (Å²) in [6.07, 6.45) is -1.84. The van der Waals surface area contributed by atoms with Crippen molar-refractivity contribution in [1.82, 2.24) is 25.2 Å². The van der Waals surface area contributed by atoms with Crippen molar-refractivity contribution in [2.45, 2.75) is 12.6 Å². The lowest BCUT2D eigenvalue weighted by atomic mass is 10.0. The molecule has 0 aliphatic rings. The Labute approximate surface area is 218 Å². The summed E-state index contributed by atoms with van der Waals surface area (Å²) in [7, 11) is 0. The van der Waals surface area contributed by atoms with Gasteiger partial charge < -0.3 is 10.2 Å². The highest BCUT2D eigenvalue weighted by atomic mass is 35.5. The molecule has 196 valence electrons. The average molecular weight is 544 g/mol. The number of benzene rings is 3. The number of aliphatic carboxylic acids is 1. The second kappa shape index (κ2) is 11.3. The average Bonchev–Trinajstić information content (AvgIpc) is 3.28. The predicted molar refractivity (Wildman–Crippen MR) is 133 cm³/mol. The van der Waals surface area contributed by atoms with Crippen LogP contribution in [0.3, 0.4) is 0 Å². The summed E-state index contributed by atoms with van der Waals surface area (Å²) >= 11 is 5.96. The van der Waals surface area contributed by atoms with Crippen LogP contribution in [0.4, 0.5) is 8.78 Å². The minimum absolute atomic E-state index is 0.0582. The summed E-state index contributed by atoms with van der Waals surface area (Å²) in [4.78, 5) is 38.6. The molecule has 10 nitrogen and oxygen atoms in total. The van der Waals surface area contributed by atoms with Crippen LogP contribution in [-0.2, 0) is 11.3 Å². The fraction of sp³-hybridized carbons (Fsp3) is 0.120. The minimum atomic E-state index is -1.84. The van der Waals surface area contributed by atoms with E-state index >= 15 is 0 Å². The molecule has 3 aromatic carbocycles. The van der Waals surface area contributed by atoms with Crippen molar-refractivity contribution in [3.8, 4) is 16.8 Å². The van der Waals surface area contributed by atoms with Gasteiger partial charge in [0.15, 0.2) is 6.10 Å². The Bertz CT molecular complexity index is 1520. The molecule has 1 heterocycles. The van der Waals surface area contributed by atoms with E-state index in [1.54, 1.807) is 24.3 Å². The Morgan fingerprint density at radius 3 is 2.42 bits per heavy atom. The van der Waals surface area contributed by atoms with Gasteiger partial charge in [-0.15, -0.1) is 5.10 Å². The number of rotatable bonds is 9. The molecule has 0 radical (unpaired) electrons. The van der Waals surface area contributed by atoms with Crippen molar-refractivity contribution < 1.29 is 28.6 Å². The second-order valence-corrected chi connectivity index (χ2v) is 8.60. The van der Waals surface area contributed by atoms with Gasteiger partial charge in [0.25, 0.3) is 0 Å². The molecular formula is C25H20ClF2N5O5. The van der Waals surface area contributed by atoms with E-state index in [9.17, 15) is 28.3 Å². The number of hydrogen-bond acceptors (Lipinski definition) is 6. The van der Waals surface area contributed by atoms with E-state index in [0.717, 1.165) is 21.8 Å². The van der Waals surface area contributed by atoms with Crippen molar-refractivity contribution in [2.75, 3.05) is 6.54 Å². The largest absolute Gasteiger partial charge is 0.479 e. The first-order valence-electron chi connectivity index (χ1n) is 11.1. The van der Waals surface area contributed by atoms with Crippen molar-refractivity contribution in [2.24, 2.45) is 0 Å². The zero-order valence-corrected chi connectivity index (χ0v) is 20.2. The van der Waals surface area contributed by atoms with Crippen molar-refractivity contribution >= 4 is 23.5 Å². The van der Waals surface area contributed by atoms with E-state index in [1.165, 1.54) is 30.3 Å². The normalized spacial score (nSPS) is 11.9. The summed E-state index contributed by atoms with van der Waals surface area (Å²) in [5.41, 5.74) is 3.28. The Morgan fingerprint density at radius 1 is 1.08 bits per heavy atom. The number of nitrogens with one attached hydrogen (secondary N) is 2. The van der Waals surface area contributed by atoms with Gasteiger partial charge in [-0.05, 0) is 53.6 Å². The molecule has 1 unspecified atom stereocenters. The molecule has 4 rings (SSSR count). The number of aliphatic hydroxyl groups excluding tert-OH is 1. The van der Waals surface area contributed by atoms with E-state index in [-0.39, 0.29) is 17.8 Å². The maximum absolute atomic E-state index is 14.2. The predicted octanol–water partition coefficient (Wildman–Crippen LogP) is 2.75. The molecule has 1 atom stereocenters. The molecule has 4 aromatic rings. The Balaban J connectivity index is 1.53. The molecule has 38 heavy (non-hydrogen) atoms. The van der Waals surface area contributed by atoms with E-state index in [1.807, 2.05) is 0 Å². The van der Waals surface area contributed by atoms with Gasteiger partial charge in [-0.1, -0.05) is 35.9 Å². The monoisotopic (exact) mass is 543 g/mol. The molecule has 0 fully saturated rings. The van der Waals surface area contributed by atoms with Gasteiger partial charge in [0.05, 0.1) is 12.2 Å². The summed E-state index contributed by atoms with van der Waals surface area (Å²) in [6.45, 7) is -0.564. The third kappa shape index (κ3) is 6.29. The number of carbonyl (C=O) groups excluding carboxylic acids is 1. The smallest absolute Gasteiger partial charge is 0.348 e. The lowest BCUT2D eigenvalue weighted by Gasteiger charge is -2.24. The SMILES string of the molecule is O=C(NN(Cc1ccc(-c2cc(Cl)ccc2F)cc1)CC(O)C(=O)O)c1nn(-c2ccc(F)cc2)c(=O)[nH]1. The number of aliphatic hydroxyl groups is 1. The van der Waals surface area contributed by atoms with E-state index in [4.69, 9.17) is 16.7 Å². The Hall–Kier alpha value is -4.39. The number of hydrogen-bond donors (Lipinski definition) is 4. The minimum Gasteiger partial charge on any atom is -0.479 e. The van der Waals surface area contributed by atoms with Gasteiger partial charge in [-0.2, -0.15) is 4.68 Å². The van der Waals surface area contributed by atoms with Crippen LogP contribution < -0.4 is 11.1 Å². The van der Waals surface area contributed by atoms with Crippen molar-refractivity contribution in [3.05, 3.63) is 105 Å². The standard InChI is InChI=1S/C25H20ClF2N5O5/c26-16-5-10-20(28)19(11-16)15-3-1-14(2-4-15)12-32(13-21(34)24(36)37)31-23(35)22-29-25(38)33(30-22)18-8-6-17(27)7-9-18/h1-11,21,34H,12-13H2,(H,31,35)(H,36,37)(H,29,30,38). The lowest BCUT2D eigenvalue weighted by Crippen LogP contribution is -2.47. The molecule has 1 amide bonds. The lowest BCUT2D eigenvalue weighted by molar-refractivity contribution is -0.148. The molecule has 0 saturated carbocycles. The second-order valence-electron chi connectivity index (χ2n) is 8.16. The third-order valence-corrected chi connectivity index (χ3v) is 5.64. The van der Waals surface area contributed by atoms with Crippen molar-refractivity contribution in [3.63, 3.8) is 0 Å². The van der Waals surface area contributed by atoms with Crippen LogP contribution in [0, 0.1) is 11.6 Å². The quantitative estimate of drug-likeness (QED) is 0.238. The number of carbonyl (C=O) groups is 2. The number of H-pyrrole nitrogens is 1. The van der Waals surface area contributed by atoms with Crippen LogP contribution in [0.25, 0.3) is 16.8 Å². The molecule has 0 saturated heterocycles. The van der Waals surface area contributed by atoms with Crippen LogP contribution >= 0.6 is 11.6 Å². The number of nitrogens with zero attached hydrogens (tertiary/aromatic N) is 3. The maximum atomic E-state index is 14.2. The topological polar surface area (TPSA) is 141 Å². The number of carboxylic acid groups (broad SMARTS) is 1. The van der Waals surface area contributed by atoms with Gasteiger partial charge in [0, 0.05) is 17.1 Å². The number of amides is 1. The van der Waals surface area contributed by atoms with Gasteiger partial charge in [-0.25, -0.2) is 23.4 Å². The van der Waals surface area contributed by atoms with Gasteiger partial charge >= 0.3 is 17.6 Å². The third-order valence-electron chi connectivity index (χ3n) is 5.41.